The number of carbonyl (C=O) groups is 1. The molecular formula is C57H44N2O2. The number of aryl methyl sites for hydroxylation is 6. The van der Waals surface area contributed by atoms with Crippen molar-refractivity contribution in [1.29, 1.82) is 0 Å². The highest BCUT2D eigenvalue weighted by molar-refractivity contribution is 6.33. The van der Waals surface area contributed by atoms with Crippen LogP contribution in [0.15, 0.2) is 156 Å². The summed E-state index contributed by atoms with van der Waals surface area (Å²) in [7, 11) is 0. The Morgan fingerprint density at radius 2 is 1.28 bits per heavy atom. The Hall–Kier alpha value is -7.04. The molecule has 294 valence electrons. The molecule has 9 aromatic rings. The fourth-order valence-electron chi connectivity index (χ4n) is 10.9. The second-order valence-corrected chi connectivity index (χ2v) is 17.3. The molecule has 12 rings (SSSR count). The first-order valence-electron chi connectivity index (χ1n) is 21.8. The number of ether oxygens (including phenoxy) is 1. The van der Waals surface area contributed by atoms with Gasteiger partial charge in [-0.3, -0.25) is 4.79 Å². The van der Waals surface area contributed by atoms with Crippen molar-refractivity contribution in [2.24, 2.45) is 4.99 Å². The van der Waals surface area contributed by atoms with Crippen LogP contribution in [-0.2, 0) is 30.5 Å². The number of H-pyrrole nitrogens is 1. The van der Waals surface area contributed by atoms with Crippen LogP contribution >= 0.6 is 0 Å². The topological polar surface area (TPSA) is 54.4 Å². The number of aromatic nitrogens is 1. The smallest absolute Gasteiger partial charge is 0.311 e. The highest BCUT2D eigenvalue weighted by Crippen LogP contribution is 2.44. The fraction of sp³-hybridized carbons (Fsp3) is 0.158. The van der Waals surface area contributed by atoms with E-state index in [-0.39, 0.29) is 5.97 Å². The van der Waals surface area contributed by atoms with Gasteiger partial charge in [0.2, 0.25) is 0 Å². The molecule has 2 heterocycles. The Balaban J connectivity index is 0.847. The molecule has 2 aliphatic carbocycles. The molecule has 4 heteroatoms. The second kappa shape index (κ2) is 14.0. The number of carbonyl (C=O) groups excluding carboxylic acids is 1. The Morgan fingerprint density at radius 1 is 0.639 bits per heavy atom. The zero-order valence-corrected chi connectivity index (χ0v) is 34.5. The first-order valence-corrected chi connectivity index (χ1v) is 21.8. The van der Waals surface area contributed by atoms with E-state index in [1.54, 1.807) is 0 Å². The predicted molar refractivity (Wildman–Crippen MR) is 251 cm³/mol. The van der Waals surface area contributed by atoms with Crippen LogP contribution < -0.4 is 4.74 Å². The molecule has 1 aliphatic heterocycles. The van der Waals surface area contributed by atoms with Crippen molar-refractivity contribution >= 4 is 60.3 Å². The maximum absolute atomic E-state index is 13.5. The van der Waals surface area contributed by atoms with E-state index in [4.69, 9.17) is 9.73 Å². The number of allylic oxidation sites excluding steroid dienone is 2. The Labute approximate surface area is 355 Å². The molecule has 0 saturated heterocycles. The number of hydrogen-bond donors (Lipinski definition) is 1. The van der Waals surface area contributed by atoms with Crippen LogP contribution in [0.1, 0.15) is 69.5 Å². The van der Waals surface area contributed by atoms with Gasteiger partial charge >= 0.3 is 5.97 Å². The Kier molecular flexibility index (Phi) is 8.25. The van der Waals surface area contributed by atoms with Crippen LogP contribution in [0.5, 0.6) is 5.75 Å². The first-order chi connectivity index (χ1) is 30.0. The van der Waals surface area contributed by atoms with Crippen LogP contribution in [0.25, 0.3) is 59.9 Å². The van der Waals surface area contributed by atoms with E-state index in [0.29, 0.717) is 18.6 Å². The van der Waals surface area contributed by atoms with Gasteiger partial charge in [-0.15, -0.1) is 0 Å². The van der Waals surface area contributed by atoms with Crippen molar-refractivity contribution in [3.05, 3.63) is 201 Å². The van der Waals surface area contributed by atoms with Crippen LogP contribution in [0, 0.1) is 13.8 Å². The molecule has 0 bridgehead atoms. The van der Waals surface area contributed by atoms with E-state index in [1.165, 1.54) is 87.7 Å². The van der Waals surface area contributed by atoms with Crippen molar-refractivity contribution < 1.29 is 9.53 Å². The second-order valence-electron chi connectivity index (χ2n) is 17.3. The summed E-state index contributed by atoms with van der Waals surface area (Å²) in [4.78, 5) is 22.9. The lowest BCUT2D eigenvalue weighted by Gasteiger charge is -2.17. The zero-order chi connectivity index (χ0) is 40.8. The molecule has 61 heavy (non-hydrogen) atoms. The summed E-state index contributed by atoms with van der Waals surface area (Å²) in [6, 6.07) is 48.3. The molecule has 8 aromatic carbocycles. The molecular weight excluding hydrogens is 745 g/mol. The normalized spacial score (nSPS) is 15.1. The number of aromatic amines is 1. The predicted octanol–water partition coefficient (Wildman–Crippen LogP) is 13.5. The molecule has 0 amide bonds. The maximum Gasteiger partial charge on any atom is 0.311 e. The van der Waals surface area contributed by atoms with Crippen molar-refractivity contribution in [3.8, 4) is 17.0 Å². The third-order valence-corrected chi connectivity index (χ3v) is 13.6. The van der Waals surface area contributed by atoms with Crippen molar-refractivity contribution in [3.63, 3.8) is 0 Å². The summed E-state index contributed by atoms with van der Waals surface area (Å²) >= 11 is 0. The summed E-state index contributed by atoms with van der Waals surface area (Å²) in [5.41, 5.74) is 17.8. The highest BCUT2D eigenvalue weighted by atomic mass is 16.5. The van der Waals surface area contributed by atoms with Crippen molar-refractivity contribution in [2.45, 2.75) is 58.8 Å². The van der Waals surface area contributed by atoms with Gasteiger partial charge in [-0.1, -0.05) is 115 Å². The largest absolute Gasteiger partial charge is 0.427 e. The number of hydrogen-bond acceptors (Lipinski definition) is 3. The minimum absolute atomic E-state index is 0.209. The summed E-state index contributed by atoms with van der Waals surface area (Å²) in [6.07, 6.45) is 8.16. The number of esters is 1. The summed E-state index contributed by atoms with van der Waals surface area (Å²) < 4.78 is 6.12. The van der Waals surface area contributed by atoms with Crippen LogP contribution in [0.2, 0.25) is 0 Å². The highest BCUT2D eigenvalue weighted by Gasteiger charge is 2.29. The van der Waals surface area contributed by atoms with Crippen LogP contribution in [-0.4, -0.2) is 16.7 Å². The van der Waals surface area contributed by atoms with Gasteiger partial charge in [0.15, 0.2) is 0 Å². The van der Waals surface area contributed by atoms with Gasteiger partial charge in [0.1, 0.15) is 5.75 Å². The number of benzene rings is 8. The standard InChI is InChI=1S/C57H44N2O2/c1-33-29-41(61-51(60)22-9-13-35-27-28-48-46-20-8-15-38-14-7-19-45(53(38)46)47-21-10-18-42(35)54(47)48)30-34(2)52(33)55(49-31-39-25-23-36-11-3-5-16-43(36)56(39)58-49)50-32-40-26-24-37-12-4-6-17-44(37)57(40)59-50/h3-8,10-12,14-21,27-32,58H,9,13,22-26H2,1-2H3. The molecule has 3 aliphatic rings. The van der Waals surface area contributed by atoms with Crippen molar-refractivity contribution in [2.75, 3.05) is 0 Å². The first kappa shape index (κ1) is 35.9. The van der Waals surface area contributed by atoms with Crippen LogP contribution in [0.4, 0.5) is 0 Å². The lowest BCUT2D eigenvalue weighted by atomic mass is 9.86. The summed E-state index contributed by atoms with van der Waals surface area (Å²) in [6.45, 7) is 4.26. The monoisotopic (exact) mass is 788 g/mol. The minimum atomic E-state index is -0.209. The maximum atomic E-state index is 13.5. The number of rotatable bonds is 7. The van der Waals surface area contributed by atoms with E-state index >= 15 is 0 Å². The quantitative estimate of drug-likeness (QED) is 0.0757. The van der Waals surface area contributed by atoms with Gasteiger partial charge in [0, 0.05) is 34.5 Å². The van der Waals surface area contributed by atoms with E-state index in [1.807, 2.05) is 12.1 Å². The van der Waals surface area contributed by atoms with E-state index in [0.717, 1.165) is 71.5 Å². The third-order valence-electron chi connectivity index (χ3n) is 13.6. The van der Waals surface area contributed by atoms with Gasteiger partial charge < -0.3 is 9.72 Å². The average molecular weight is 789 g/mol. The molecule has 0 unspecified atom stereocenters. The molecule has 0 saturated carbocycles. The molecule has 1 N–H and O–H groups in total. The van der Waals surface area contributed by atoms with Crippen LogP contribution in [0.3, 0.4) is 0 Å². The van der Waals surface area contributed by atoms with Crippen molar-refractivity contribution in [1.82, 2.24) is 4.98 Å². The molecule has 0 radical (unpaired) electrons. The fourth-order valence-corrected chi connectivity index (χ4v) is 10.9. The van der Waals surface area contributed by atoms with E-state index < -0.39 is 0 Å². The SMILES string of the molecule is Cc1cc(OC(=O)CCCc2ccc3c4cccc5cccc(c6cccc2c63)c54)cc(C)c1C(=C1C=C2CCc3ccccc3C2=N1)c1cc2c([nH]1)-c1ccccc1CC2. The number of fused-ring (bicyclic) bond motifs is 8. The van der Waals surface area contributed by atoms with Gasteiger partial charge in [-0.05, 0) is 164 Å². The average Bonchev–Trinajstić information content (AvgIpc) is 3.92. The zero-order valence-electron chi connectivity index (χ0n) is 34.5. The molecule has 0 fully saturated rings. The molecule has 1 aromatic heterocycles. The van der Waals surface area contributed by atoms with Gasteiger partial charge in [-0.2, -0.15) is 0 Å². The summed E-state index contributed by atoms with van der Waals surface area (Å²) in [5, 5.41) is 10.3. The lowest BCUT2D eigenvalue weighted by Crippen LogP contribution is -2.12. The molecule has 0 spiro atoms. The van der Waals surface area contributed by atoms with Gasteiger partial charge in [-0.25, -0.2) is 4.99 Å². The molecule has 4 nitrogen and oxygen atoms in total. The van der Waals surface area contributed by atoms with Gasteiger partial charge in [0.05, 0.1) is 11.4 Å². The summed E-state index contributed by atoms with van der Waals surface area (Å²) in [5.74, 6) is 0.375. The number of nitrogens with zero attached hydrogens (tertiary/aromatic N) is 1. The molecule has 0 atom stereocenters. The van der Waals surface area contributed by atoms with Gasteiger partial charge in [0.25, 0.3) is 0 Å². The van der Waals surface area contributed by atoms with E-state index in [9.17, 15) is 4.79 Å². The minimum Gasteiger partial charge on any atom is -0.427 e. The number of aliphatic imine (C=N–C) groups is 1. The number of nitrogens with one attached hydrogen (secondary N) is 1. The lowest BCUT2D eigenvalue weighted by molar-refractivity contribution is -0.134. The Morgan fingerprint density at radius 3 is 2.07 bits per heavy atom. The third kappa shape index (κ3) is 5.80. The Bertz CT molecular complexity index is 3340. The van der Waals surface area contributed by atoms with E-state index in [2.05, 4.69) is 146 Å².